The summed E-state index contributed by atoms with van der Waals surface area (Å²) in [6, 6.07) is 11.4. The minimum absolute atomic E-state index is 0.0713. The fourth-order valence-corrected chi connectivity index (χ4v) is 3.06. The van der Waals surface area contributed by atoms with Gasteiger partial charge < -0.3 is 9.15 Å². The lowest BCUT2D eigenvalue weighted by atomic mass is 10.0. The number of Topliss-reactive ketones (excluding diaryl/α,β-unsaturated/α-hetero) is 1. The van der Waals surface area contributed by atoms with E-state index in [0.29, 0.717) is 5.56 Å². The summed E-state index contributed by atoms with van der Waals surface area (Å²) in [6.45, 7) is 7.71. The molecule has 4 nitrogen and oxygen atoms in total. The average Bonchev–Trinajstić information content (AvgIpc) is 3.03. The smallest absolute Gasteiger partial charge is 0.311 e. The van der Waals surface area contributed by atoms with E-state index in [4.69, 9.17) is 9.15 Å². The number of ketones is 1. The molecule has 140 valence electrons. The van der Waals surface area contributed by atoms with Crippen LogP contribution in [-0.4, -0.2) is 17.9 Å². The summed E-state index contributed by atoms with van der Waals surface area (Å²) in [7, 11) is 0. The van der Waals surface area contributed by atoms with Crippen molar-refractivity contribution in [2.75, 3.05) is 0 Å². The summed E-state index contributed by atoms with van der Waals surface area (Å²) in [5, 5.41) is 0.907. The third kappa shape index (κ3) is 4.11. The Morgan fingerprint density at radius 2 is 1.74 bits per heavy atom. The molecule has 0 bridgehead atoms. The Morgan fingerprint density at radius 3 is 2.41 bits per heavy atom. The van der Waals surface area contributed by atoms with Crippen molar-refractivity contribution in [3.63, 3.8) is 0 Å². The van der Waals surface area contributed by atoms with Crippen LogP contribution < -0.4 is 0 Å². The molecule has 1 atom stereocenters. The molecule has 0 aliphatic carbocycles. The Balaban J connectivity index is 1.68. The van der Waals surface area contributed by atoms with Crippen LogP contribution >= 0.6 is 0 Å². The summed E-state index contributed by atoms with van der Waals surface area (Å²) in [5.74, 6) is -0.642. The van der Waals surface area contributed by atoms with Gasteiger partial charge in [-0.25, -0.2) is 0 Å². The van der Waals surface area contributed by atoms with Gasteiger partial charge in [0, 0.05) is 16.5 Å². The van der Waals surface area contributed by atoms with E-state index in [1.807, 2.05) is 38.1 Å². The molecule has 0 N–H and O–H groups in total. The summed E-state index contributed by atoms with van der Waals surface area (Å²) < 4.78 is 10.9. The Morgan fingerprint density at radius 1 is 1.07 bits per heavy atom. The normalized spacial score (nSPS) is 12.1. The van der Waals surface area contributed by atoms with Gasteiger partial charge in [-0.05, 0) is 56.0 Å². The van der Waals surface area contributed by atoms with E-state index in [1.165, 1.54) is 0 Å². The van der Waals surface area contributed by atoms with Crippen LogP contribution in [0.3, 0.4) is 0 Å². The second-order valence-electron chi connectivity index (χ2n) is 6.92. The first-order valence-electron chi connectivity index (χ1n) is 9.19. The van der Waals surface area contributed by atoms with Crippen molar-refractivity contribution < 1.29 is 18.7 Å². The van der Waals surface area contributed by atoms with Gasteiger partial charge in [0.15, 0.2) is 6.10 Å². The monoisotopic (exact) mass is 364 g/mol. The molecule has 1 heterocycles. The molecule has 0 fully saturated rings. The number of carbonyl (C=O) groups is 2. The number of benzene rings is 2. The molecule has 27 heavy (non-hydrogen) atoms. The highest BCUT2D eigenvalue weighted by Gasteiger charge is 2.21. The standard InChI is InChI=1S/C23H24O4/c1-5-17-6-8-18(9-7-17)23(25)16(4)27-22(24)12-19-13-26-21-11-15(3)14(2)10-20(19)21/h6-11,13,16H,5,12H2,1-4H3/t16-/m1/s1. The highest BCUT2D eigenvalue weighted by Crippen LogP contribution is 2.25. The zero-order valence-electron chi connectivity index (χ0n) is 16.2. The molecule has 0 unspecified atom stereocenters. The second-order valence-corrected chi connectivity index (χ2v) is 6.92. The summed E-state index contributed by atoms with van der Waals surface area (Å²) in [5.41, 5.74) is 5.50. The van der Waals surface area contributed by atoms with E-state index in [-0.39, 0.29) is 12.2 Å². The maximum absolute atomic E-state index is 12.5. The molecule has 4 heteroatoms. The largest absolute Gasteiger partial charge is 0.464 e. The first kappa shape index (κ1) is 18.9. The van der Waals surface area contributed by atoms with Gasteiger partial charge >= 0.3 is 5.97 Å². The molecule has 3 rings (SSSR count). The fraction of sp³-hybridized carbons (Fsp3) is 0.304. The van der Waals surface area contributed by atoms with Crippen LogP contribution in [0.2, 0.25) is 0 Å². The summed E-state index contributed by atoms with van der Waals surface area (Å²) >= 11 is 0. The lowest BCUT2D eigenvalue weighted by Gasteiger charge is -2.12. The number of ether oxygens (including phenoxy) is 1. The van der Waals surface area contributed by atoms with Crippen LogP contribution in [0.4, 0.5) is 0 Å². The molecule has 2 aromatic carbocycles. The van der Waals surface area contributed by atoms with Crippen molar-refractivity contribution in [1.29, 1.82) is 0 Å². The molecule has 0 amide bonds. The first-order chi connectivity index (χ1) is 12.9. The van der Waals surface area contributed by atoms with Crippen LogP contribution in [0.15, 0.2) is 47.1 Å². The predicted octanol–water partition coefficient (Wildman–Crippen LogP) is 4.97. The highest BCUT2D eigenvalue weighted by molar-refractivity contribution is 6.00. The maximum Gasteiger partial charge on any atom is 0.311 e. The molecule has 3 aromatic rings. The van der Waals surface area contributed by atoms with E-state index in [0.717, 1.165) is 39.6 Å². The molecular weight excluding hydrogens is 340 g/mol. The van der Waals surface area contributed by atoms with Crippen molar-refractivity contribution in [3.05, 3.63) is 70.5 Å². The van der Waals surface area contributed by atoms with Gasteiger partial charge in [-0.3, -0.25) is 9.59 Å². The quantitative estimate of drug-likeness (QED) is 0.458. The van der Waals surface area contributed by atoms with Crippen molar-refractivity contribution in [1.82, 2.24) is 0 Å². The van der Waals surface area contributed by atoms with Crippen molar-refractivity contribution in [2.45, 2.75) is 46.6 Å². The molecule has 1 aromatic heterocycles. The van der Waals surface area contributed by atoms with Gasteiger partial charge in [-0.15, -0.1) is 0 Å². The first-order valence-corrected chi connectivity index (χ1v) is 9.19. The topological polar surface area (TPSA) is 56.5 Å². The number of hydrogen-bond donors (Lipinski definition) is 0. The lowest BCUT2D eigenvalue weighted by Crippen LogP contribution is -2.25. The van der Waals surface area contributed by atoms with Gasteiger partial charge in [-0.1, -0.05) is 31.2 Å². The summed E-state index contributed by atoms with van der Waals surface area (Å²) in [6.07, 6.45) is 1.74. The number of carbonyl (C=O) groups excluding carboxylic acids is 2. The van der Waals surface area contributed by atoms with E-state index in [1.54, 1.807) is 25.3 Å². The van der Waals surface area contributed by atoms with E-state index < -0.39 is 12.1 Å². The van der Waals surface area contributed by atoms with Crippen LogP contribution in [0, 0.1) is 13.8 Å². The van der Waals surface area contributed by atoms with Crippen molar-refractivity contribution >= 4 is 22.7 Å². The number of rotatable bonds is 6. The van der Waals surface area contributed by atoms with Gasteiger partial charge in [-0.2, -0.15) is 0 Å². The number of esters is 1. The Bertz CT molecular complexity index is 980. The zero-order chi connectivity index (χ0) is 19.6. The van der Waals surface area contributed by atoms with Crippen LogP contribution in [0.25, 0.3) is 11.0 Å². The average molecular weight is 364 g/mol. The minimum atomic E-state index is -0.827. The molecule has 0 saturated carbocycles. The van der Waals surface area contributed by atoms with Crippen LogP contribution in [0.1, 0.15) is 46.5 Å². The lowest BCUT2D eigenvalue weighted by molar-refractivity contribution is -0.145. The highest BCUT2D eigenvalue weighted by atomic mass is 16.5. The number of fused-ring (bicyclic) bond motifs is 1. The fourth-order valence-electron chi connectivity index (χ4n) is 3.06. The van der Waals surface area contributed by atoms with Crippen LogP contribution in [0.5, 0.6) is 0 Å². The molecule has 0 aliphatic heterocycles. The molecular formula is C23H24O4. The predicted molar refractivity (Wildman–Crippen MR) is 105 cm³/mol. The number of hydrogen-bond acceptors (Lipinski definition) is 4. The van der Waals surface area contributed by atoms with E-state index >= 15 is 0 Å². The molecule has 0 spiro atoms. The Hall–Kier alpha value is -2.88. The van der Waals surface area contributed by atoms with Gasteiger partial charge in [0.1, 0.15) is 5.58 Å². The third-order valence-corrected chi connectivity index (χ3v) is 4.93. The SMILES string of the molecule is CCc1ccc(C(=O)[C@@H](C)OC(=O)Cc2coc3cc(C)c(C)cc23)cc1. The third-order valence-electron chi connectivity index (χ3n) is 4.93. The molecule has 0 radical (unpaired) electrons. The minimum Gasteiger partial charge on any atom is -0.464 e. The Labute approximate surface area is 159 Å². The van der Waals surface area contributed by atoms with Crippen molar-refractivity contribution in [2.24, 2.45) is 0 Å². The van der Waals surface area contributed by atoms with Crippen molar-refractivity contribution in [3.8, 4) is 0 Å². The van der Waals surface area contributed by atoms with Gasteiger partial charge in [0.25, 0.3) is 0 Å². The second kappa shape index (κ2) is 7.78. The van der Waals surface area contributed by atoms with E-state index in [2.05, 4.69) is 6.92 Å². The summed E-state index contributed by atoms with van der Waals surface area (Å²) in [4.78, 5) is 24.8. The maximum atomic E-state index is 12.5. The van der Waals surface area contributed by atoms with E-state index in [9.17, 15) is 9.59 Å². The zero-order valence-corrected chi connectivity index (χ0v) is 16.2. The Kier molecular flexibility index (Phi) is 5.45. The molecule has 0 aliphatic rings. The number of furan rings is 1. The van der Waals surface area contributed by atoms with Gasteiger partial charge in [0.05, 0.1) is 12.7 Å². The number of aryl methyl sites for hydroxylation is 3. The van der Waals surface area contributed by atoms with Crippen LogP contribution in [-0.2, 0) is 22.4 Å². The van der Waals surface area contributed by atoms with Gasteiger partial charge in [0.2, 0.25) is 5.78 Å². The molecule has 0 saturated heterocycles.